The molecule has 0 bridgehead atoms. The Labute approximate surface area is 231 Å². The van der Waals surface area contributed by atoms with E-state index in [0.29, 0.717) is 11.1 Å². The summed E-state index contributed by atoms with van der Waals surface area (Å²) in [6.07, 6.45) is 35.4. The summed E-state index contributed by atoms with van der Waals surface area (Å²) >= 11 is 0. The minimum atomic E-state index is 0.314. The molecule has 36 heavy (non-hydrogen) atoms. The molecule has 218 valence electrons. The topological polar surface area (TPSA) is 3.24 Å². The van der Waals surface area contributed by atoms with Crippen LogP contribution in [0.3, 0.4) is 0 Å². The molecular weight excluding hydrogens is 434 g/mol. The van der Waals surface area contributed by atoms with Gasteiger partial charge in [0.15, 0.2) is 0 Å². The van der Waals surface area contributed by atoms with Crippen LogP contribution in [0.25, 0.3) is 0 Å². The molecule has 0 aromatic heterocycles. The Bertz CT molecular complexity index is 406. The summed E-state index contributed by atoms with van der Waals surface area (Å²) < 4.78 is 0. The monoisotopic (exact) mass is 508 g/mol. The van der Waals surface area contributed by atoms with Crippen molar-refractivity contribution in [1.82, 2.24) is 4.90 Å². The fraction of sp³-hybridized carbons (Fsp3) is 1.00. The molecule has 0 saturated carbocycles. The number of rotatable bonds is 28. The molecule has 0 aliphatic carbocycles. The number of unbranched alkanes of at least 4 members (excludes halogenated alkanes) is 20. The zero-order valence-electron chi connectivity index (χ0n) is 26.8. The third kappa shape index (κ3) is 20.0. The van der Waals surface area contributed by atoms with Gasteiger partial charge in [0.2, 0.25) is 0 Å². The van der Waals surface area contributed by atoms with E-state index in [4.69, 9.17) is 0 Å². The molecule has 0 spiro atoms. The van der Waals surface area contributed by atoms with Gasteiger partial charge in [-0.2, -0.15) is 0 Å². The van der Waals surface area contributed by atoms with E-state index in [1.165, 1.54) is 167 Å². The van der Waals surface area contributed by atoms with Crippen molar-refractivity contribution in [2.75, 3.05) is 6.54 Å². The molecule has 0 amide bonds. The van der Waals surface area contributed by atoms with Crippen molar-refractivity contribution in [2.45, 2.75) is 220 Å². The SMILES string of the molecule is CCCCCCCCCCC(C)(C)N(CCCCCCCCC)C(C)(C)CCCCCCCCCC. The van der Waals surface area contributed by atoms with Crippen molar-refractivity contribution in [2.24, 2.45) is 0 Å². The first kappa shape index (κ1) is 36.0. The second-order valence-electron chi connectivity index (χ2n) is 13.3. The van der Waals surface area contributed by atoms with Crippen molar-refractivity contribution in [3.63, 3.8) is 0 Å². The van der Waals surface area contributed by atoms with Crippen molar-refractivity contribution in [1.29, 1.82) is 0 Å². The lowest BCUT2D eigenvalue weighted by Gasteiger charge is -2.49. The van der Waals surface area contributed by atoms with E-state index in [1.807, 2.05) is 0 Å². The van der Waals surface area contributed by atoms with Gasteiger partial charge in [-0.15, -0.1) is 0 Å². The highest BCUT2D eigenvalue weighted by Crippen LogP contribution is 2.34. The largest absolute Gasteiger partial charge is 0.293 e. The molecule has 1 nitrogen and oxygen atoms in total. The Morgan fingerprint density at radius 3 is 0.889 bits per heavy atom. The van der Waals surface area contributed by atoms with Gasteiger partial charge >= 0.3 is 0 Å². The molecule has 0 aromatic carbocycles. The van der Waals surface area contributed by atoms with Crippen LogP contribution in [0.2, 0.25) is 0 Å². The fourth-order valence-corrected chi connectivity index (χ4v) is 6.30. The maximum atomic E-state index is 2.95. The summed E-state index contributed by atoms with van der Waals surface area (Å²) in [5, 5.41) is 0. The Kier molecular flexibility index (Phi) is 24.0. The van der Waals surface area contributed by atoms with E-state index in [-0.39, 0.29) is 0 Å². The van der Waals surface area contributed by atoms with Gasteiger partial charge in [-0.25, -0.2) is 0 Å². The van der Waals surface area contributed by atoms with Crippen LogP contribution in [0.15, 0.2) is 0 Å². The molecule has 0 rings (SSSR count). The molecule has 0 N–H and O–H groups in total. The molecule has 0 fully saturated rings. The molecule has 0 unspecified atom stereocenters. The number of nitrogens with zero attached hydrogens (tertiary/aromatic N) is 1. The minimum absolute atomic E-state index is 0.314. The van der Waals surface area contributed by atoms with E-state index < -0.39 is 0 Å². The average molecular weight is 508 g/mol. The van der Waals surface area contributed by atoms with Gasteiger partial charge in [-0.3, -0.25) is 4.90 Å². The van der Waals surface area contributed by atoms with Gasteiger partial charge in [0.1, 0.15) is 0 Å². The van der Waals surface area contributed by atoms with Crippen molar-refractivity contribution >= 4 is 0 Å². The van der Waals surface area contributed by atoms with E-state index in [2.05, 4.69) is 53.4 Å². The van der Waals surface area contributed by atoms with Crippen LogP contribution >= 0.6 is 0 Å². The third-order valence-corrected chi connectivity index (χ3v) is 8.73. The number of hydrogen-bond acceptors (Lipinski definition) is 1. The quantitative estimate of drug-likeness (QED) is 0.0951. The maximum absolute atomic E-state index is 2.95. The standard InChI is InChI=1S/C35H73N/c1-8-11-14-17-20-22-25-28-31-34(4,5)36(33-30-27-24-19-16-13-10-3)35(6,7)32-29-26-23-21-18-15-12-9-2/h8-33H2,1-7H3. The van der Waals surface area contributed by atoms with Crippen molar-refractivity contribution in [3.8, 4) is 0 Å². The third-order valence-electron chi connectivity index (χ3n) is 8.73. The molecule has 0 atom stereocenters. The summed E-state index contributed by atoms with van der Waals surface area (Å²) in [6, 6.07) is 0. The van der Waals surface area contributed by atoms with E-state index in [1.54, 1.807) is 0 Å². The lowest BCUT2D eigenvalue weighted by atomic mass is 9.85. The van der Waals surface area contributed by atoms with Gasteiger partial charge in [0.05, 0.1) is 0 Å². The van der Waals surface area contributed by atoms with Gasteiger partial charge < -0.3 is 0 Å². The molecule has 0 heterocycles. The first-order chi connectivity index (χ1) is 17.3. The lowest BCUT2D eigenvalue weighted by molar-refractivity contribution is 0.00151. The molecule has 0 aliphatic heterocycles. The highest BCUT2D eigenvalue weighted by molar-refractivity contribution is 4.92. The predicted molar refractivity (Wildman–Crippen MR) is 167 cm³/mol. The van der Waals surface area contributed by atoms with Crippen LogP contribution in [0.4, 0.5) is 0 Å². The van der Waals surface area contributed by atoms with E-state index in [9.17, 15) is 0 Å². The smallest absolute Gasteiger partial charge is 0.0158 e. The van der Waals surface area contributed by atoms with Gasteiger partial charge in [-0.05, 0) is 53.5 Å². The summed E-state index contributed by atoms with van der Waals surface area (Å²) in [4.78, 5) is 2.95. The van der Waals surface area contributed by atoms with Crippen LogP contribution in [0.5, 0.6) is 0 Å². The average Bonchev–Trinajstić information content (AvgIpc) is 2.83. The van der Waals surface area contributed by atoms with E-state index in [0.717, 1.165) is 0 Å². The summed E-state index contributed by atoms with van der Waals surface area (Å²) in [6.45, 7) is 18.5. The normalized spacial score (nSPS) is 12.7. The van der Waals surface area contributed by atoms with Crippen molar-refractivity contribution < 1.29 is 0 Å². The lowest BCUT2D eigenvalue weighted by Crippen LogP contribution is -2.55. The van der Waals surface area contributed by atoms with Gasteiger partial charge in [-0.1, -0.05) is 162 Å². The molecule has 0 radical (unpaired) electrons. The molecule has 0 saturated heterocycles. The Balaban J connectivity index is 4.63. The Hall–Kier alpha value is -0.0400. The second-order valence-corrected chi connectivity index (χ2v) is 13.3. The highest BCUT2D eigenvalue weighted by Gasteiger charge is 2.36. The molecule has 1 heteroatoms. The van der Waals surface area contributed by atoms with Gasteiger partial charge in [0.25, 0.3) is 0 Å². The second kappa shape index (κ2) is 24.0. The summed E-state index contributed by atoms with van der Waals surface area (Å²) in [5.74, 6) is 0. The Morgan fingerprint density at radius 2 is 0.583 bits per heavy atom. The number of hydrogen-bond donors (Lipinski definition) is 0. The van der Waals surface area contributed by atoms with Crippen molar-refractivity contribution in [3.05, 3.63) is 0 Å². The maximum Gasteiger partial charge on any atom is 0.0158 e. The fourth-order valence-electron chi connectivity index (χ4n) is 6.30. The summed E-state index contributed by atoms with van der Waals surface area (Å²) in [5.41, 5.74) is 0.627. The first-order valence-corrected chi connectivity index (χ1v) is 17.1. The zero-order valence-corrected chi connectivity index (χ0v) is 26.8. The van der Waals surface area contributed by atoms with E-state index >= 15 is 0 Å². The molecule has 0 aromatic rings. The van der Waals surface area contributed by atoms with Crippen LogP contribution < -0.4 is 0 Å². The molecular formula is C35H73N. The molecule has 0 aliphatic rings. The minimum Gasteiger partial charge on any atom is -0.293 e. The zero-order chi connectivity index (χ0) is 27.0. The van der Waals surface area contributed by atoms with Gasteiger partial charge in [0, 0.05) is 11.1 Å². The van der Waals surface area contributed by atoms with Crippen LogP contribution in [-0.2, 0) is 0 Å². The van der Waals surface area contributed by atoms with Crippen LogP contribution in [0.1, 0.15) is 209 Å². The Morgan fingerprint density at radius 1 is 0.333 bits per heavy atom. The summed E-state index contributed by atoms with van der Waals surface area (Å²) in [7, 11) is 0. The first-order valence-electron chi connectivity index (χ1n) is 17.1. The highest BCUT2D eigenvalue weighted by atomic mass is 15.2. The van der Waals surface area contributed by atoms with Crippen LogP contribution in [-0.4, -0.2) is 22.5 Å². The van der Waals surface area contributed by atoms with Crippen LogP contribution in [0, 0.1) is 0 Å². The predicted octanol–water partition coefficient (Wildman–Crippen LogP) is 12.7.